The third kappa shape index (κ3) is 3.13. The molecule has 0 radical (unpaired) electrons. The van der Waals surface area contributed by atoms with Crippen molar-refractivity contribution in [2.75, 3.05) is 0 Å². The average molecular weight is 314 g/mol. The fourth-order valence-corrected chi connectivity index (χ4v) is 2.66. The number of benzene rings is 1. The molecule has 118 valence electrons. The summed E-state index contributed by atoms with van der Waals surface area (Å²) in [5, 5.41) is 18.2. The molecule has 7 heteroatoms. The highest BCUT2D eigenvalue weighted by molar-refractivity contribution is 5.84. The Morgan fingerprint density at radius 2 is 1.64 bits per heavy atom. The van der Waals surface area contributed by atoms with Crippen molar-refractivity contribution in [2.24, 2.45) is 11.8 Å². The van der Waals surface area contributed by atoms with Gasteiger partial charge in [-0.25, -0.2) is 0 Å². The molecule has 2 N–H and O–H groups in total. The van der Waals surface area contributed by atoms with Gasteiger partial charge >= 0.3 is 18.1 Å². The molecule has 0 heterocycles. The van der Waals surface area contributed by atoms with Crippen LogP contribution in [0.3, 0.4) is 0 Å². The van der Waals surface area contributed by atoms with Crippen molar-refractivity contribution in [3.8, 4) is 0 Å². The maximum Gasteiger partial charge on any atom is 0.416 e. The van der Waals surface area contributed by atoms with Crippen molar-refractivity contribution in [3.63, 3.8) is 0 Å². The lowest BCUT2D eigenvalue weighted by atomic mass is 9.77. The molecule has 1 aromatic rings. The molecule has 1 aliphatic carbocycles. The Bertz CT molecular complexity index is 634. The van der Waals surface area contributed by atoms with Gasteiger partial charge in [0.25, 0.3) is 0 Å². The largest absolute Gasteiger partial charge is 0.481 e. The molecular weight excluding hydrogens is 301 g/mol. The van der Waals surface area contributed by atoms with Crippen LogP contribution in [0.1, 0.15) is 24.0 Å². The summed E-state index contributed by atoms with van der Waals surface area (Å²) < 4.78 is 39.1. The summed E-state index contributed by atoms with van der Waals surface area (Å²) in [4.78, 5) is 22.3. The van der Waals surface area contributed by atoms with Gasteiger partial charge in [-0.1, -0.05) is 24.3 Å². The summed E-state index contributed by atoms with van der Waals surface area (Å²) in [6.45, 7) is 0. The lowest BCUT2D eigenvalue weighted by Crippen LogP contribution is -2.32. The standard InChI is InChI=1S/C15H13F3O4/c16-15(17,18)12-4-2-1-3-9(12)8-5-6-10(13(19)20)11(7-8)14(21)22/h1-5,10-11H,6-7H2,(H,19,20)(H,21,22)/t10-,11-/m0/s1. The smallest absolute Gasteiger partial charge is 0.416 e. The summed E-state index contributed by atoms with van der Waals surface area (Å²) in [7, 11) is 0. The third-order valence-corrected chi connectivity index (χ3v) is 3.76. The number of rotatable bonds is 3. The predicted molar refractivity (Wildman–Crippen MR) is 70.9 cm³/mol. The van der Waals surface area contributed by atoms with Crippen molar-refractivity contribution in [3.05, 3.63) is 41.5 Å². The van der Waals surface area contributed by atoms with E-state index in [9.17, 15) is 22.8 Å². The number of alkyl halides is 3. The zero-order valence-electron chi connectivity index (χ0n) is 11.3. The van der Waals surface area contributed by atoms with Gasteiger partial charge in [0.2, 0.25) is 0 Å². The van der Waals surface area contributed by atoms with E-state index in [-0.39, 0.29) is 24.0 Å². The van der Waals surface area contributed by atoms with Crippen molar-refractivity contribution < 1.29 is 33.0 Å². The van der Waals surface area contributed by atoms with E-state index in [1.54, 1.807) is 0 Å². The minimum atomic E-state index is -4.56. The van der Waals surface area contributed by atoms with E-state index in [1.165, 1.54) is 24.3 Å². The van der Waals surface area contributed by atoms with Gasteiger partial charge in [-0.3, -0.25) is 9.59 Å². The van der Waals surface area contributed by atoms with Crippen LogP contribution in [0.5, 0.6) is 0 Å². The number of allylic oxidation sites excluding steroid dienone is 2. The number of halogens is 3. The molecule has 0 bridgehead atoms. The van der Waals surface area contributed by atoms with E-state index in [4.69, 9.17) is 10.2 Å². The first-order valence-corrected chi connectivity index (χ1v) is 6.53. The molecule has 4 nitrogen and oxygen atoms in total. The van der Waals surface area contributed by atoms with Crippen LogP contribution in [0, 0.1) is 11.8 Å². The molecule has 0 aliphatic heterocycles. The van der Waals surface area contributed by atoms with Crippen LogP contribution in [0.2, 0.25) is 0 Å². The first-order chi connectivity index (χ1) is 10.2. The molecule has 0 saturated heterocycles. The van der Waals surface area contributed by atoms with Crippen molar-refractivity contribution >= 4 is 17.5 Å². The number of hydrogen-bond donors (Lipinski definition) is 2. The number of hydrogen-bond acceptors (Lipinski definition) is 2. The molecule has 0 unspecified atom stereocenters. The molecule has 2 atom stereocenters. The number of carboxylic acid groups (broad SMARTS) is 2. The van der Waals surface area contributed by atoms with Gasteiger partial charge in [-0.05, 0) is 30.0 Å². The Kier molecular flexibility index (Phi) is 4.25. The molecule has 2 rings (SSSR count). The zero-order valence-corrected chi connectivity index (χ0v) is 11.3. The van der Waals surface area contributed by atoms with Gasteiger partial charge in [0.15, 0.2) is 0 Å². The van der Waals surface area contributed by atoms with E-state index in [0.717, 1.165) is 6.07 Å². The predicted octanol–water partition coefficient (Wildman–Crippen LogP) is 3.28. The molecule has 0 spiro atoms. The highest BCUT2D eigenvalue weighted by Gasteiger charge is 2.39. The van der Waals surface area contributed by atoms with Crippen molar-refractivity contribution in [1.29, 1.82) is 0 Å². The Hall–Kier alpha value is -2.31. The number of aliphatic carboxylic acids is 2. The second-order valence-electron chi connectivity index (χ2n) is 5.10. The maximum absolute atomic E-state index is 13.0. The van der Waals surface area contributed by atoms with Gasteiger partial charge in [0.05, 0.1) is 17.4 Å². The third-order valence-electron chi connectivity index (χ3n) is 3.76. The van der Waals surface area contributed by atoms with Gasteiger partial charge in [0.1, 0.15) is 0 Å². The molecule has 0 fully saturated rings. The quantitative estimate of drug-likeness (QED) is 0.898. The summed E-state index contributed by atoms with van der Waals surface area (Å²) in [5.74, 6) is -4.94. The molecular formula is C15H13F3O4. The zero-order chi connectivity index (χ0) is 16.5. The van der Waals surface area contributed by atoms with Gasteiger partial charge in [-0.15, -0.1) is 0 Å². The molecule has 0 aromatic heterocycles. The second-order valence-corrected chi connectivity index (χ2v) is 5.10. The lowest BCUT2D eigenvalue weighted by molar-refractivity contribution is -0.153. The average Bonchev–Trinajstić information content (AvgIpc) is 2.45. The van der Waals surface area contributed by atoms with E-state index in [2.05, 4.69) is 0 Å². The Balaban J connectivity index is 2.43. The van der Waals surface area contributed by atoms with E-state index in [1.807, 2.05) is 0 Å². The van der Waals surface area contributed by atoms with Crippen LogP contribution < -0.4 is 0 Å². The van der Waals surface area contributed by atoms with Crippen LogP contribution in [-0.2, 0) is 15.8 Å². The summed E-state index contributed by atoms with van der Waals surface area (Å²) in [6, 6.07) is 4.89. The molecule has 22 heavy (non-hydrogen) atoms. The van der Waals surface area contributed by atoms with E-state index >= 15 is 0 Å². The Morgan fingerprint density at radius 3 is 2.18 bits per heavy atom. The Morgan fingerprint density at radius 1 is 1.05 bits per heavy atom. The van der Waals surface area contributed by atoms with Crippen molar-refractivity contribution in [1.82, 2.24) is 0 Å². The normalized spacial score (nSPS) is 22.0. The van der Waals surface area contributed by atoms with Gasteiger partial charge < -0.3 is 10.2 Å². The summed E-state index contributed by atoms with van der Waals surface area (Å²) >= 11 is 0. The first kappa shape index (κ1) is 16.1. The number of carbonyl (C=O) groups is 2. The second kappa shape index (κ2) is 5.82. The van der Waals surface area contributed by atoms with Crippen LogP contribution in [0.25, 0.3) is 5.57 Å². The topological polar surface area (TPSA) is 74.6 Å². The Labute approximate surface area is 123 Å². The molecule has 0 amide bonds. The van der Waals surface area contributed by atoms with Crippen LogP contribution >= 0.6 is 0 Å². The van der Waals surface area contributed by atoms with Crippen LogP contribution in [-0.4, -0.2) is 22.2 Å². The molecule has 1 aromatic carbocycles. The lowest BCUT2D eigenvalue weighted by Gasteiger charge is -2.27. The van der Waals surface area contributed by atoms with Crippen LogP contribution in [0.15, 0.2) is 30.3 Å². The summed E-state index contributed by atoms with van der Waals surface area (Å²) in [6.07, 6.45) is -3.50. The fraction of sp³-hybridized carbons (Fsp3) is 0.333. The number of carboxylic acids is 2. The highest BCUT2D eigenvalue weighted by atomic mass is 19.4. The van der Waals surface area contributed by atoms with E-state index < -0.39 is 35.5 Å². The first-order valence-electron chi connectivity index (χ1n) is 6.53. The van der Waals surface area contributed by atoms with Gasteiger partial charge in [0, 0.05) is 0 Å². The van der Waals surface area contributed by atoms with Crippen LogP contribution in [0.4, 0.5) is 13.2 Å². The maximum atomic E-state index is 13.0. The SMILES string of the molecule is O=C(O)[C@H]1CC=C(c2ccccc2C(F)(F)F)C[C@@H]1C(=O)O. The minimum Gasteiger partial charge on any atom is -0.481 e. The fourth-order valence-electron chi connectivity index (χ4n) is 2.66. The highest BCUT2D eigenvalue weighted by Crippen LogP contribution is 2.40. The minimum absolute atomic E-state index is 0.0925. The molecule has 0 saturated carbocycles. The van der Waals surface area contributed by atoms with E-state index in [0.29, 0.717) is 0 Å². The monoisotopic (exact) mass is 314 g/mol. The van der Waals surface area contributed by atoms with Gasteiger partial charge in [-0.2, -0.15) is 13.2 Å². The van der Waals surface area contributed by atoms with Crippen molar-refractivity contribution in [2.45, 2.75) is 19.0 Å². The summed E-state index contributed by atoms with van der Waals surface area (Å²) in [5.41, 5.74) is -0.720. The molecule has 1 aliphatic rings.